The molecular weight excluding hydrogens is 292 g/mol. The fourth-order valence-corrected chi connectivity index (χ4v) is 3.95. The van der Waals surface area contributed by atoms with Crippen molar-refractivity contribution >= 4 is 5.91 Å². The van der Waals surface area contributed by atoms with Crippen molar-refractivity contribution in [3.63, 3.8) is 0 Å². The van der Waals surface area contributed by atoms with Crippen LogP contribution in [0.2, 0.25) is 0 Å². The van der Waals surface area contributed by atoms with E-state index < -0.39 is 0 Å². The van der Waals surface area contributed by atoms with Crippen LogP contribution in [0, 0.1) is 5.41 Å². The van der Waals surface area contributed by atoms with E-state index in [1.54, 1.807) is 19.3 Å². The highest BCUT2D eigenvalue weighted by Crippen LogP contribution is 2.51. The lowest BCUT2D eigenvalue weighted by atomic mass is 9.58. The van der Waals surface area contributed by atoms with Gasteiger partial charge in [0.1, 0.15) is 0 Å². The first-order valence-electron chi connectivity index (χ1n) is 8.46. The molecule has 0 spiro atoms. The molecule has 1 aromatic rings. The maximum atomic E-state index is 12.8. The molecule has 1 aliphatic rings. The number of carbonyl (C=O) groups excluding carboxylic acids is 1. The summed E-state index contributed by atoms with van der Waals surface area (Å²) in [7, 11) is 3.52. The minimum Gasteiger partial charge on any atom is -0.378 e. The summed E-state index contributed by atoms with van der Waals surface area (Å²) in [5.41, 5.74) is 0.470. The van der Waals surface area contributed by atoms with Gasteiger partial charge in [-0.1, -0.05) is 13.8 Å². The molecule has 0 bridgehead atoms. The highest BCUT2D eigenvalue weighted by Gasteiger charge is 2.55. The summed E-state index contributed by atoms with van der Waals surface area (Å²) in [6.07, 6.45) is 4.69. The number of hydrogen-bond donors (Lipinski definition) is 0. The number of carbonyl (C=O) groups is 1. The summed E-state index contributed by atoms with van der Waals surface area (Å²) < 4.78 is 7.34. The van der Waals surface area contributed by atoms with E-state index in [-0.39, 0.29) is 29.0 Å². The first-order chi connectivity index (χ1) is 10.9. The molecule has 1 amide bonds. The van der Waals surface area contributed by atoms with E-state index >= 15 is 0 Å². The number of ether oxygens (including phenoxy) is 1. The lowest BCUT2D eigenvalue weighted by molar-refractivity contribution is -0.159. The molecule has 0 N–H and O–H groups in total. The van der Waals surface area contributed by atoms with Crippen molar-refractivity contribution in [3.05, 3.63) is 34.2 Å². The van der Waals surface area contributed by atoms with E-state index in [4.69, 9.17) is 4.74 Å². The van der Waals surface area contributed by atoms with E-state index in [2.05, 4.69) is 13.8 Å². The van der Waals surface area contributed by atoms with Gasteiger partial charge in [-0.25, -0.2) is 0 Å². The van der Waals surface area contributed by atoms with Gasteiger partial charge < -0.3 is 14.2 Å². The van der Waals surface area contributed by atoms with Crippen molar-refractivity contribution in [1.29, 1.82) is 0 Å². The Balaban J connectivity index is 2.22. The van der Waals surface area contributed by atoms with Crippen LogP contribution in [-0.2, 0) is 11.8 Å². The third-order valence-electron chi connectivity index (χ3n) is 5.55. The Morgan fingerprint density at radius 1 is 1.35 bits per heavy atom. The van der Waals surface area contributed by atoms with Gasteiger partial charge in [0.25, 0.3) is 5.91 Å². The number of pyridine rings is 1. The van der Waals surface area contributed by atoms with Crippen molar-refractivity contribution in [2.45, 2.75) is 52.2 Å². The predicted octanol–water partition coefficient (Wildman–Crippen LogP) is 2.44. The lowest BCUT2D eigenvalue weighted by Gasteiger charge is -2.58. The van der Waals surface area contributed by atoms with Crippen molar-refractivity contribution in [3.8, 4) is 0 Å². The van der Waals surface area contributed by atoms with Crippen LogP contribution in [0.25, 0.3) is 0 Å². The van der Waals surface area contributed by atoms with Crippen LogP contribution in [-0.4, -0.2) is 41.2 Å². The Morgan fingerprint density at radius 2 is 2.00 bits per heavy atom. The van der Waals surface area contributed by atoms with Crippen LogP contribution < -0.4 is 5.56 Å². The number of amides is 1. The van der Waals surface area contributed by atoms with Crippen LogP contribution in [0.4, 0.5) is 0 Å². The summed E-state index contributed by atoms with van der Waals surface area (Å²) in [6.45, 7) is 7.07. The quantitative estimate of drug-likeness (QED) is 0.809. The van der Waals surface area contributed by atoms with Crippen LogP contribution in [0.5, 0.6) is 0 Å². The van der Waals surface area contributed by atoms with E-state index in [1.165, 1.54) is 10.6 Å². The van der Waals surface area contributed by atoms with Crippen molar-refractivity contribution < 1.29 is 9.53 Å². The summed E-state index contributed by atoms with van der Waals surface area (Å²) in [6, 6.07) is 3.23. The van der Waals surface area contributed by atoms with E-state index in [0.29, 0.717) is 12.2 Å². The second-order valence-electron chi connectivity index (χ2n) is 6.42. The summed E-state index contributed by atoms with van der Waals surface area (Å²) >= 11 is 0. The number of rotatable bonds is 6. The Morgan fingerprint density at radius 3 is 2.52 bits per heavy atom. The molecule has 5 nitrogen and oxygen atoms in total. The molecule has 1 saturated carbocycles. The summed E-state index contributed by atoms with van der Waals surface area (Å²) in [5.74, 6) is -0.0353. The molecule has 23 heavy (non-hydrogen) atoms. The normalized spacial score (nSPS) is 22.5. The smallest absolute Gasteiger partial charge is 0.255 e. The van der Waals surface area contributed by atoms with Crippen molar-refractivity contribution in [2.75, 3.05) is 13.7 Å². The molecule has 128 valence electrons. The molecule has 0 radical (unpaired) electrons. The molecule has 0 aromatic carbocycles. The van der Waals surface area contributed by atoms with Gasteiger partial charge in [0, 0.05) is 44.4 Å². The molecule has 1 heterocycles. The highest BCUT2D eigenvalue weighted by atomic mass is 16.5. The zero-order valence-corrected chi connectivity index (χ0v) is 14.8. The van der Waals surface area contributed by atoms with Crippen LogP contribution in [0.15, 0.2) is 23.1 Å². The molecular formula is C18H28N2O3. The van der Waals surface area contributed by atoms with E-state index in [9.17, 15) is 9.59 Å². The minimum atomic E-state index is -0.110. The van der Waals surface area contributed by atoms with Gasteiger partial charge in [0.15, 0.2) is 0 Å². The molecule has 0 unspecified atom stereocenters. The first-order valence-corrected chi connectivity index (χ1v) is 8.46. The van der Waals surface area contributed by atoms with Gasteiger partial charge in [-0.2, -0.15) is 0 Å². The molecule has 0 saturated heterocycles. The monoisotopic (exact) mass is 320 g/mol. The summed E-state index contributed by atoms with van der Waals surface area (Å²) in [5, 5.41) is 0. The average molecular weight is 320 g/mol. The summed E-state index contributed by atoms with van der Waals surface area (Å²) in [4.78, 5) is 26.1. The van der Waals surface area contributed by atoms with Crippen LogP contribution in [0.3, 0.4) is 0 Å². The number of hydrogen-bond acceptors (Lipinski definition) is 3. The van der Waals surface area contributed by atoms with Gasteiger partial charge in [-0.3, -0.25) is 9.59 Å². The van der Waals surface area contributed by atoms with Gasteiger partial charge in [-0.15, -0.1) is 0 Å². The Labute approximate surface area is 138 Å². The van der Waals surface area contributed by atoms with Gasteiger partial charge in [0.05, 0.1) is 11.7 Å². The maximum absolute atomic E-state index is 12.8. The first kappa shape index (κ1) is 17.7. The Bertz CT molecular complexity index is 619. The lowest BCUT2D eigenvalue weighted by Crippen LogP contribution is -2.64. The third-order valence-corrected chi connectivity index (χ3v) is 5.55. The second kappa shape index (κ2) is 6.87. The number of aromatic nitrogens is 1. The highest BCUT2D eigenvalue weighted by molar-refractivity contribution is 5.94. The Kier molecular flexibility index (Phi) is 5.30. The fourth-order valence-electron chi connectivity index (χ4n) is 3.95. The SMILES string of the molecule is CCO[C@H]1C[C@@H](N(C)C(=O)c2ccc(=O)n(C)c2)C1(CC)CC. The average Bonchev–Trinajstić information content (AvgIpc) is 2.54. The van der Waals surface area contributed by atoms with Crippen LogP contribution in [0.1, 0.15) is 50.4 Å². The van der Waals surface area contributed by atoms with E-state index in [0.717, 1.165) is 19.3 Å². The van der Waals surface area contributed by atoms with E-state index in [1.807, 2.05) is 18.9 Å². The van der Waals surface area contributed by atoms with Gasteiger partial charge >= 0.3 is 0 Å². The topological polar surface area (TPSA) is 51.5 Å². The zero-order valence-electron chi connectivity index (χ0n) is 14.8. The fraction of sp³-hybridized carbons (Fsp3) is 0.667. The Hall–Kier alpha value is -1.62. The molecule has 1 aliphatic carbocycles. The molecule has 2 rings (SSSR count). The van der Waals surface area contributed by atoms with Crippen molar-refractivity contribution in [1.82, 2.24) is 9.47 Å². The van der Waals surface area contributed by atoms with Gasteiger partial charge in [0.2, 0.25) is 5.56 Å². The molecule has 1 fully saturated rings. The maximum Gasteiger partial charge on any atom is 0.255 e. The molecule has 2 atom stereocenters. The third kappa shape index (κ3) is 2.94. The van der Waals surface area contributed by atoms with Crippen molar-refractivity contribution in [2.24, 2.45) is 12.5 Å². The minimum absolute atomic E-state index is 0.0289. The van der Waals surface area contributed by atoms with Crippen LogP contribution >= 0.6 is 0 Å². The van der Waals surface area contributed by atoms with Gasteiger partial charge in [-0.05, 0) is 32.3 Å². The number of aryl methyl sites for hydroxylation is 1. The zero-order chi connectivity index (χ0) is 17.2. The molecule has 1 aromatic heterocycles. The number of nitrogens with zero attached hydrogens (tertiary/aromatic N) is 2. The second-order valence-corrected chi connectivity index (χ2v) is 6.42. The molecule has 5 heteroatoms. The molecule has 0 aliphatic heterocycles. The predicted molar refractivity (Wildman–Crippen MR) is 90.6 cm³/mol. The largest absolute Gasteiger partial charge is 0.378 e. The standard InChI is InChI=1S/C18H28N2O3/c1-6-18(7-2)14(11-15(18)23-8-3)20(5)17(22)13-9-10-16(21)19(4)12-13/h9-10,12,14-15H,6-8,11H2,1-5H3/t14-,15+/m1/s1.